The van der Waals surface area contributed by atoms with Crippen molar-refractivity contribution in [2.75, 3.05) is 4.90 Å². The Hall–Kier alpha value is -3.24. The molecular weight excluding hydrogens is 392 g/mol. The Labute approximate surface area is 171 Å². The van der Waals surface area contributed by atoms with E-state index >= 15 is 0 Å². The maximum Gasteiger partial charge on any atom is 0.335 e. The summed E-state index contributed by atoms with van der Waals surface area (Å²) >= 11 is 0. The minimum absolute atomic E-state index is 0.567. The number of aliphatic carboxylic acids is 1. The molecule has 2 aromatic carbocycles. The molecule has 2 heterocycles. The first-order valence-electron chi connectivity index (χ1n) is 9.27. The van der Waals surface area contributed by atoms with Gasteiger partial charge in [0.15, 0.2) is 12.3 Å². The van der Waals surface area contributed by atoms with Gasteiger partial charge in [-0.15, -0.1) is 0 Å². The van der Waals surface area contributed by atoms with Crippen LogP contribution in [-0.2, 0) is 9.53 Å². The molecule has 9 heteroatoms. The van der Waals surface area contributed by atoms with Gasteiger partial charge in [-0.2, -0.15) is 0 Å². The molecule has 5 atom stereocenters. The van der Waals surface area contributed by atoms with Gasteiger partial charge in [0.2, 0.25) is 0 Å². The van der Waals surface area contributed by atoms with Crippen molar-refractivity contribution >= 4 is 35.5 Å². The molecule has 0 radical (unpaired) electrons. The van der Waals surface area contributed by atoms with Crippen molar-refractivity contribution in [3.63, 3.8) is 0 Å². The van der Waals surface area contributed by atoms with Crippen LogP contribution in [0.5, 0.6) is 0 Å². The van der Waals surface area contributed by atoms with Crippen molar-refractivity contribution in [1.82, 2.24) is 5.32 Å². The van der Waals surface area contributed by atoms with Crippen molar-refractivity contribution in [3.05, 3.63) is 59.7 Å². The number of hydrogen-bond acceptors (Lipinski definition) is 6. The Bertz CT molecular complexity index is 959. The molecule has 5 N–H and O–H groups in total. The third kappa shape index (κ3) is 3.44. The van der Waals surface area contributed by atoms with Gasteiger partial charge in [0.05, 0.1) is 11.4 Å². The molecule has 1 saturated heterocycles. The number of carbonyl (C=O) groups is 2. The fraction of sp³-hybridized carbons (Fsp3) is 0.238. The molecule has 1 fully saturated rings. The fourth-order valence-corrected chi connectivity index (χ4v) is 3.58. The van der Waals surface area contributed by atoms with Crippen LogP contribution < -0.4 is 10.2 Å². The summed E-state index contributed by atoms with van der Waals surface area (Å²) in [5, 5.41) is 41.7. The lowest BCUT2D eigenvalue weighted by Gasteiger charge is -2.39. The van der Waals surface area contributed by atoms with Crippen LogP contribution >= 0.6 is 0 Å². The number of fused-ring (bicyclic) bond motifs is 2. The lowest BCUT2D eigenvalue weighted by molar-refractivity contribution is -0.231. The van der Waals surface area contributed by atoms with Gasteiger partial charge in [-0.25, -0.2) is 9.59 Å². The second-order valence-electron chi connectivity index (χ2n) is 7.02. The number of aliphatic hydroxyl groups excluding tert-OH is 3. The molecule has 0 bridgehead atoms. The van der Waals surface area contributed by atoms with Gasteiger partial charge in [0, 0.05) is 0 Å². The SMILES string of the molecule is O=C(O)[C@H]1O[C@@H](NC(=O)N2c3ccccc3C=Cc3ccccc32)[C@H](O)[C@@H](O)[C@@H]1O. The highest BCUT2D eigenvalue weighted by Crippen LogP contribution is 2.36. The zero-order chi connectivity index (χ0) is 21.4. The second-order valence-corrected chi connectivity index (χ2v) is 7.02. The van der Waals surface area contributed by atoms with Crippen LogP contribution in [0.15, 0.2) is 48.5 Å². The van der Waals surface area contributed by atoms with Crippen LogP contribution in [0.2, 0.25) is 0 Å². The number of amides is 2. The number of ether oxygens (including phenoxy) is 1. The van der Waals surface area contributed by atoms with E-state index in [0.29, 0.717) is 11.4 Å². The highest BCUT2D eigenvalue weighted by Gasteiger charge is 2.47. The van der Waals surface area contributed by atoms with E-state index in [-0.39, 0.29) is 0 Å². The molecule has 0 saturated carbocycles. The Morgan fingerprint density at radius 2 is 1.37 bits per heavy atom. The molecule has 0 aliphatic carbocycles. The number of rotatable bonds is 2. The van der Waals surface area contributed by atoms with E-state index in [1.165, 1.54) is 4.90 Å². The van der Waals surface area contributed by atoms with Crippen LogP contribution in [0.25, 0.3) is 12.2 Å². The summed E-state index contributed by atoms with van der Waals surface area (Å²) in [6.07, 6.45) is -4.99. The predicted molar refractivity (Wildman–Crippen MR) is 107 cm³/mol. The predicted octanol–water partition coefficient (Wildman–Crippen LogP) is 0.910. The number of carboxylic acids is 1. The van der Waals surface area contributed by atoms with E-state index in [9.17, 15) is 30.0 Å². The van der Waals surface area contributed by atoms with Crippen molar-refractivity contribution in [1.29, 1.82) is 0 Å². The molecule has 0 unspecified atom stereocenters. The van der Waals surface area contributed by atoms with Gasteiger partial charge < -0.3 is 30.5 Å². The summed E-state index contributed by atoms with van der Waals surface area (Å²) in [7, 11) is 0. The monoisotopic (exact) mass is 412 g/mol. The molecule has 4 rings (SSSR count). The zero-order valence-corrected chi connectivity index (χ0v) is 15.6. The summed E-state index contributed by atoms with van der Waals surface area (Å²) in [6.45, 7) is 0. The zero-order valence-electron chi connectivity index (χ0n) is 15.6. The fourth-order valence-electron chi connectivity index (χ4n) is 3.58. The number of carboxylic acid groups (broad SMARTS) is 1. The number of nitrogens with zero attached hydrogens (tertiary/aromatic N) is 1. The maximum atomic E-state index is 13.3. The van der Waals surface area contributed by atoms with Crippen LogP contribution in [0.3, 0.4) is 0 Å². The number of para-hydroxylation sites is 2. The highest BCUT2D eigenvalue weighted by molar-refractivity contribution is 6.05. The summed E-state index contributed by atoms with van der Waals surface area (Å²) in [4.78, 5) is 26.0. The molecule has 2 aliphatic heterocycles. The smallest absolute Gasteiger partial charge is 0.335 e. The Balaban J connectivity index is 1.68. The average Bonchev–Trinajstić information content (AvgIpc) is 2.90. The molecule has 2 aromatic rings. The van der Waals surface area contributed by atoms with E-state index in [1.807, 2.05) is 36.4 Å². The van der Waals surface area contributed by atoms with Crippen molar-refractivity contribution in [2.45, 2.75) is 30.6 Å². The van der Waals surface area contributed by atoms with E-state index in [2.05, 4.69) is 5.32 Å². The molecule has 0 spiro atoms. The van der Waals surface area contributed by atoms with Crippen LogP contribution in [0, 0.1) is 0 Å². The first kappa shape index (κ1) is 20.0. The molecule has 2 amide bonds. The van der Waals surface area contributed by atoms with Gasteiger partial charge in [0.25, 0.3) is 0 Å². The summed E-state index contributed by atoms with van der Waals surface area (Å²) in [5.41, 5.74) is 2.68. The van der Waals surface area contributed by atoms with Crippen LogP contribution in [0.4, 0.5) is 16.2 Å². The molecule has 0 aromatic heterocycles. The Kier molecular flexibility index (Phi) is 5.27. The summed E-state index contributed by atoms with van der Waals surface area (Å²) < 4.78 is 5.18. The average molecular weight is 412 g/mol. The third-order valence-electron chi connectivity index (χ3n) is 5.12. The van der Waals surface area contributed by atoms with Gasteiger partial charge in [-0.05, 0) is 23.3 Å². The van der Waals surface area contributed by atoms with E-state index in [4.69, 9.17) is 4.74 Å². The largest absolute Gasteiger partial charge is 0.479 e. The first-order valence-corrected chi connectivity index (χ1v) is 9.27. The molecule has 2 aliphatic rings. The van der Waals surface area contributed by atoms with Crippen LogP contribution in [0.1, 0.15) is 11.1 Å². The number of benzene rings is 2. The lowest BCUT2D eigenvalue weighted by atomic mass is 9.98. The van der Waals surface area contributed by atoms with Crippen molar-refractivity contribution < 1.29 is 34.8 Å². The van der Waals surface area contributed by atoms with E-state index < -0.39 is 42.6 Å². The Morgan fingerprint density at radius 3 is 1.90 bits per heavy atom. The molecule has 30 heavy (non-hydrogen) atoms. The van der Waals surface area contributed by atoms with Crippen molar-refractivity contribution in [3.8, 4) is 0 Å². The molecular formula is C21H20N2O7. The van der Waals surface area contributed by atoms with Gasteiger partial charge in [0.1, 0.15) is 18.3 Å². The topological polar surface area (TPSA) is 140 Å². The maximum absolute atomic E-state index is 13.3. The standard InChI is InChI=1S/C21H20N2O7/c24-15-16(25)18(20(27)28)30-19(17(15)26)22-21(29)23-13-7-3-1-5-11(13)9-10-12-6-2-4-8-14(12)23/h1-10,15-19,24-26H,(H,22,29)(H,27,28)/t15-,16-,17+,18-,19+/m0/s1. The van der Waals surface area contributed by atoms with E-state index in [1.54, 1.807) is 24.3 Å². The number of carbonyl (C=O) groups excluding carboxylic acids is 1. The minimum Gasteiger partial charge on any atom is -0.479 e. The lowest BCUT2D eigenvalue weighted by Crippen LogP contribution is -2.64. The number of urea groups is 1. The highest BCUT2D eigenvalue weighted by atomic mass is 16.6. The van der Waals surface area contributed by atoms with E-state index in [0.717, 1.165) is 11.1 Å². The first-order chi connectivity index (χ1) is 14.4. The third-order valence-corrected chi connectivity index (χ3v) is 5.12. The number of aliphatic hydroxyl groups is 3. The summed E-state index contributed by atoms with van der Waals surface area (Å²) in [6, 6.07) is 13.7. The quantitative estimate of drug-likeness (QED) is 0.494. The van der Waals surface area contributed by atoms with Gasteiger partial charge in [-0.1, -0.05) is 48.6 Å². The normalized spacial score (nSPS) is 27.6. The number of anilines is 2. The summed E-state index contributed by atoms with van der Waals surface area (Å²) in [5.74, 6) is -1.53. The number of hydrogen-bond donors (Lipinski definition) is 5. The molecule has 9 nitrogen and oxygen atoms in total. The Morgan fingerprint density at radius 1 is 0.833 bits per heavy atom. The van der Waals surface area contributed by atoms with Crippen LogP contribution in [-0.4, -0.2) is 63.1 Å². The van der Waals surface area contributed by atoms with Gasteiger partial charge in [-0.3, -0.25) is 4.90 Å². The number of nitrogens with one attached hydrogen (secondary N) is 1. The second kappa shape index (κ2) is 7.88. The van der Waals surface area contributed by atoms with Crippen molar-refractivity contribution in [2.24, 2.45) is 0 Å². The van der Waals surface area contributed by atoms with Gasteiger partial charge >= 0.3 is 12.0 Å². The molecule has 156 valence electrons. The minimum atomic E-state index is -1.84.